The smallest absolute Gasteiger partial charge is 0.227 e. The predicted octanol–water partition coefficient (Wildman–Crippen LogP) is 3.43. The first kappa shape index (κ1) is 17.9. The third-order valence-electron chi connectivity index (χ3n) is 4.83. The van der Waals surface area contributed by atoms with Crippen LogP contribution in [0.5, 0.6) is 11.5 Å². The number of fused-ring (bicyclic) bond motifs is 1. The fraction of sp³-hybridized carbons (Fsp3) is 0.421. The van der Waals surface area contributed by atoms with Gasteiger partial charge in [0.25, 0.3) is 0 Å². The Kier molecular flexibility index (Phi) is 4.82. The first-order valence-electron chi connectivity index (χ1n) is 9.00. The number of Topliss-reactive ketones (excluding diaryl/α,β-unsaturated/α-hetero) is 1. The van der Waals surface area contributed by atoms with Gasteiger partial charge in [-0.1, -0.05) is 17.8 Å². The largest absolute Gasteiger partial charge is 0.493 e. The van der Waals surface area contributed by atoms with Crippen LogP contribution in [0.1, 0.15) is 37.8 Å². The lowest BCUT2D eigenvalue weighted by molar-refractivity contribution is -0.116. The molecule has 1 aliphatic carbocycles. The number of anilines is 1. The molecule has 7 nitrogen and oxygen atoms in total. The molecule has 1 atom stereocenters. The lowest BCUT2D eigenvalue weighted by Gasteiger charge is -2.32. The van der Waals surface area contributed by atoms with Gasteiger partial charge >= 0.3 is 0 Å². The van der Waals surface area contributed by atoms with Crippen molar-refractivity contribution in [2.75, 3.05) is 25.3 Å². The molecule has 1 aliphatic heterocycles. The predicted molar refractivity (Wildman–Crippen MR) is 104 cm³/mol. The highest BCUT2D eigenvalue weighted by Crippen LogP contribution is 2.42. The maximum atomic E-state index is 12.8. The Morgan fingerprint density at radius 2 is 2.19 bits per heavy atom. The molecule has 0 spiro atoms. The summed E-state index contributed by atoms with van der Waals surface area (Å²) in [6.45, 7) is 2.49. The SMILES string of the molecule is CCOc1ccc([C@@H]2C3=C(CCCC3=O)Nc3nc(SC)nn32)cc1OC. The number of hydrogen-bond donors (Lipinski definition) is 1. The summed E-state index contributed by atoms with van der Waals surface area (Å²) >= 11 is 1.48. The van der Waals surface area contributed by atoms with Gasteiger partial charge in [-0.15, -0.1) is 5.10 Å². The molecule has 1 aromatic carbocycles. The van der Waals surface area contributed by atoms with Gasteiger partial charge in [0, 0.05) is 17.7 Å². The highest BCUT2D eigenvalue weighted by molar-refractivity contribution is 7.98. The zero-order valence-electron chi connectivity index (χ0n) is 15.6. The lowest BCUT2D eigenvalue weighted by Crippen LogP contribution is -2.31. The van der Waals surface area contributed by atoms with Gasteiger partial charge in [0.1, 0.15) is 6.04 Å². The number of thioether (sulfide) groups is 1. The van der Waals surface area contributed by atoms with Crippen LogP contribution >= 0.6 is 11.8 Å². The summed E-state index contributed by atoms with van der Waals surface area (Å²) in [6, 6.07) is 5.47. The number of benzene rings is 1. The van der Waals surface area contributed by atoms with E-state index in [4.69, 9.17) is 9.47 Å². The van der Waals surface area contributed by atoms with Crippen LogP contribution in [0.4, 0.5) is 5.95 Å². The quantitative estimate of drug-likeness (QED) is 0.789. The molecular formula is C19H22N4O3S. The molecule has 27 heavy (non-hydrogen) atoms. The van der Waals surface area contributed by atoms with Crippen LogP contribution in [0.3, 0.4) is 0 Å². The molecule has 2 heterocycles. The van der Waals surface area contributed by atoms with Gasteiger partial charge in [-0.2, -0.15) is 4.98 Å². The fourth-order valence-electron chi connectivity index (χ4n) is 3.66. The number of hydrogen-bond acceptors (Lipinski definition) is 7. The summed E-state index contributed by atoms with van der Waals surface area (Å²) in [5.41, 5.74) is 2.66. The monoisotopic (exact) mass is 386 g/mol. The zero-order valence-corrected chi connectivity index (χ0v) is 16.4. The van der Waals surface area contributed by atoms with Gasteiger partial charge < -0.3 is 14.8 Å². The molecule has 142 valence electrons. The molecule has 0 radical (unpaired) electrons. The van der Waals surface area contributed by atoms with Crippen LogP contribution < -0.4 is 14.8 Å². The third-order valence-corrected chi connectivity index (χ3v) is 5.37. The molecule has 1 aromatic heterocycles. The van der Waals surface area contributed by atoms with Crippen molar-refractivity contribution in [2.45, 2.75) is 37.4 Å². The number of ketones is 1. The summed E-state index contributed by atoms with van der Waals surface area (Å²) in [6.07, 6.45) is 4.19. The molecular weight excluding hydrogens is 364 g/mol. The van der Waals surface area contributed by atoms with Crippen LogP contribution in [0.2, 0.25) is 0 Å². The lowest BCUT2D eigenvalue weighted by atomic mass is 9.85. The van der Waals surface area contributed by atoms with Crippen molar-refractivity contribution in [3.63, 3.8) is 0 Å². The van der Waals surface area contributed by atoms with E-state index in [0.29, 0.717) is 35.6 Å². The maximum absolute atomic E-state index is 12.8. The van der Waals surface area contributed by atoms with E-state index in [9.17, 15) is 4.79 Å². The van der Waals surface area contributed by atoms with Gasteiger partial charge in [0.05, 0.1) is 13.7 Å². The highest BCUT2D eigenvalue weighted by atomic mass is 32.2. The Morgan fingerprint density at radius 3 is 2.93 bits per heavy atom. The number of aromatic nitrogens is 3. The number of rotatable bonds is 5. The molecule has 0 bridgehead atoms. The Labute approximate surface area is 162 Å². The maximum Gasteiger partial charge on any atom is 0.227 e. The van der Waals surface area contributed by atoms with Crippen molar-refractivity contribution in [3.8, 4) is 11.5 Å². The Hall–Kier alpha value is -2.48. The van der Waals surface area contributed by atoms with Gasteiger partial charge in [0.2, 0.25) is 11.1 Å². The molecule has 0 fully saturated rings. The van der Waals surface area contributed by atoms with Gasteiger partial charge in [0.15, 0.2) is 17.3 Å². The zero-order chi connectivity index (χ0) is 19.0. The minimum absolute atomic E-state index is 0.161. The average Bonchev–Trinajstić information content (AvgIpc) is 3.10. The number of ether oxygens (including phenoxy) is 2. The summed E-state index contributed by atoms with van der Waals surface area (Å²) in [4.78, 5) is 17.4. The molecule has 1 N–H and O–H groups in total. The molecule has 4 rings (SSSR count). The minimum Gasteiger partial charge on any atom is -0.493 e. The second-order valence-corrected chi connectivity index (χ2v) is 7.18. The van der Waals surface area contributed by atoms with Crippen LogP contribution in [0.25, 0.3) is 0 Å². The van der Waals surface area contributed by atoms with E-state index >= 15 is 0 Å². The molecule has 2 aromatic rings. The summed E-state index contributed by atoms with van der Waals surface area (Å²) in [5, 5.41) is 8.61. The highest BCUT2D eigenvalue weighted by Gasteiger charge is 2.37. The van der Waals surface area contributed by atoms with Crippen LogP contribution in [-0.4, -0.2) is 40.5 Å². The van der Waals surface area contributed by atoms with E-state index in [1.165, 1.54) is 11.8 Å². The molecule has 0 saturated carbocycles. The number of nitrogens with zero attached hydrogens (tertiary/aromatic N) is 3. The summed E-state index contributed by atoms with van der Waals surface area (Å²) in [7, 11) is 1.62. The Balaban J connectivity index is 1.87. The molecule has 8 heteroatoms. The van der Waals surface area contributed by atoms with Crippen molar-refractivity contribution in [3.05, 3.63) is 35.0 Å². The van der Waals surface area contributed by atoms with Crippen LogP contribution in [0.15, 0.2) is 34.6 Å². The van der Waals surface area contributed by atoms with Gasteiger partial charge in [-0.05, 0) is 43.7 Å². The minimum atomic E-state index is -0.318. The van der Waals surface area contributed by atoms with E-state index in [1.807, 2.05) is 36.1 Å². The summed E-state index contributed by atoms with van der Waals surface area (Å²) < 4.78 is 13.0. The second kappa shape index (κ2) is 7.26. The van der Waals surface area contributed by atoms with Crippen LogP contribution in [0, 0.1) is 0 Å². The molecule has 2 aliphatic rings. The van der Waals surface area contributed by atoms with E-state index in [0.717, 1.165) is 29.7 Å². The molecule has 0 unspecified atom stereocenters. The molecule has 0 amide bonds. The van der Waals surface area contributed by atoms with Crippen molar-refractivity contribution < 1.29 is 14.3 Å². The van der Waals surface area contributed by atoms with Crippen molar-refractivity contribution in [1.82, 2.24) is 14.8 Å². The van der Waals surface area contributed by atoms with Gasteiger partial charge in [-0.25, -0.2) is 4.68 Å². The summed E-state index contributed by atoms with van der Waals surface area (Å²) in [5.74, 6) is 2.16. The Bertz CT molecular complexity index is 922. The third kappa shape index (κ3) is 3.07. The van der Waals surface area contributed by atoms with E-state index in [-0.39, 0.29) is 11.8 Å². The van der Waals surface area contributed by atoms with Crippen molar-refractivity contribution in [1.29, 1.82) is 0 Å². The molecule has 0 saturated heterocycles. The van der Waals surface area contributed by atoms with Crippen molar-refractivity contribution in [2.24, 2.45) is 0 Å². The second-order valence-electron chi connectivity index (χ2n) is 6.41. The van der Waals surface area contributed by atoms with Gasteiger partial charge in [-0.3, -0.25) is 4.79 Å². The van der Waals surface area contributed by atoms with E-state index < -0.39 is 0 Å². The van der Waals surface area contributed by atoms with Crippen LogP contribution in [-0.2, 0) is 4.79 Å². The normalized spacial score (nSPS) is 18.6. The van der Waals surface area contributed by atoms with E-state index in [1.54, 1.807) is 7.11 Å². The number of carbonyl (C=O) groups excluding carboxylic acids is 1. The Morgan fingerprint density at radius 1 is 1.33 bits per heavy atom. The fourth-order valence-corrected chi connectivity index (χ4v) is 4.01. The number of methoxy groups -OCH3 is 1. The standard InChI is InChI=1S/C19H22N4O3S/c1-4-26-14-9-8-11(10-15(14)25-2)17-16-12(6-5-7-13(16)24)20-18-21-19(27-3)22-23(17)18/h8-10,17H,4-7H2,1-3H3,(H,20,21,22)/t17-/m1/s1. The number of carbonyl (C=O) groups is 1. The topological polar surface area (TPSA) is 78.3 Å². The van der Waals surface area contributed by atoms with Crippen molar-refractivity contribution >= 4 is 23.5 Å². The first-order chi connectivity index (χ1) is 13.2. The first-order valence-corrected chi connectivity index (χ1v) is 10.2. The number of allylic oxidation sites excluding steroid dienone is 2. The van der Waals surface area contributed by atoms with E-state index in [2.05, 4.69) is 15.4 Å². The average molecular weight is 386 g/mol. The number of nitrogens with one attached hydrogen (secondary N) is 1.